The van der Waals surface area contributed by atoms with E-state index in [-0.39, 0.29) is 23.7 Å². The van der Waals surface area contributed by atoms with Gasteiger partial charge in [0.05, 0.1) is 18.6 Å². The van der Waals surface area contributed by atoms with Gasteiger partial charge in [-0.25, -0.2) is 29.1 Å². The van der Waals surface area contributed by atoms with Gasteiger partial charge in [-0.2, -0.15) is 0 Å². The average Bonchev–Trinajstić information content (AvgIpc) is 2.91. The number of carbonyl (C=O) groups is 1. The van der Waals surface area contributed by atoms with Crippen LogP contribution in [-0.4, -0.2) is 75.5 Å². The summed E-state index contributed by atoms with van der Waals surface area (Å²) in [6.07, 6.45) is 4.00. The van der Waals surface area contributed by atoms with Crippen molar-refractivity contribution < 1.29 is 13.9 Å². The Kier molecular flexibility index (Phi) is 8.46. The van der Waals surface area contributed by atoms with Crippen molar-refractivity contribution in [3.63, 3.8) is 0 Å². The number of aromatic nitrogens is 4. The van der Waals surface area contributed by atoms with Crippen molar-refractivity contribution in [3.05, 3.63) is 48.2 Å². The first-order valence-electron chi connectivity index (χ1n) is 13.2. The van der Waals surface area contributed by atoms with Gasteiger partial charge in [-0.15, -0.1) is 0 Å². The van der Waals surface area contributed by atoms with Crippen molar-refractivity contribution in [2.24, 2.45) is 10.9 Å². The molecule has 1 fully saturated rings. The van der Waals surface area contributed by atoms with Crippen molar-refractivity contribution in [2.75, 3.05) is 49.2 Å². The second-order valence-corrected chi connectivity index (χ2v) is 10.8. The standard InChI is InChI=1S/C28H36FN9O2/c1-17(2)24(31-6)19-13-18(7-8-21(19)30)25-20(29)14-34-26(36-25)35-22-15-33-23(16-32-22)37-9-11-38(12-10-37)27(39)40-28(3,4)5/h7-8,13-17H,9-12,30H2,1-6H3,(H,32,34,35,36). The minimum absolute atomic E-state index is 0.130. The number of nitrogens with zero attached hydrogens (tertiary/aromatic N) is 7. The summed E-state index contributed by atoms with van der Waals surface area (Å²) in [7, 11) is 1.71. The highest BCUT2D eigenvalue weighted by molar-refractivity contribution is 6.06. The number of nitrogens with two attached hydrogens (primary N) is 1. The maximum atomic E-state index is 14.8. The topological polar surface area (TPSA) is 135 Å². The summed E-state index contributed by atoms with van der Waals surface area (Å²) in [5.41, 5.74) is 8.49. The molecule has 3 aromatic rings. The Balaban J connectivity index is 1.45. The van der Waals surface area contributed by atoms with Crippen LogP contribution < -0.4 is 16.0 Å². The highest BCUT2D eigenvalue weighted by Gasteiger charge is 2.26. The molecule has 1 aromatic carbocycles. The van der Waals surface area contributed by atoms with Gasteiger partial charge in [0.25, 0.3) is 0 Å². The molecule has 0 radical (unpaired) electrons. The van der Waals surface area contributed by atoms with Crippen molar-refractivity contribution in [1.29, 1.82) is 0 Å². The second-order valence-electron chi connectivity index (χ2n) is 10.8. The number of carbonyl (C=O) groups excluding carboxylic acids is 1. The monoisotopic (exact) mass is 549 g/mol. The Morgan fingerprint density at radius 2 is 1.82 bits per heavy atom. The largest absolute Gasteiger partial charge is 0.444 e. The van der Waals surface area contributed by atoms with Crippen LogP contribution in [0.4, 0.5) is 32.5 Å². The smallest absolute Gasteiger partial charge is 0.410 e. The van der Waals surface area contributed by atoms with Crippen LogP contribution in [0.3, 0.4) is 0 Å². The molecule has 4 rings (SSSR count). The van der Waals surface area contributed by atoms with E-state index in [9.17, 15) is 9.18 Å². The second kappa shape index (κ2) is 11.8. The van der Waals surface area contributed by atoms with E-state index in [0.717, 1.165) is 17.5 Å². The predicted octanol–water partition coefficient (Wildman–Crippen LogP) is 4.53. The molecule has 0 aliphatic carbocycles. The Morgan fingerprint density at radius 3 is 2.42 bits per heavy atom. The minimum atomic E-state index is -0.562. The summed E-state index contributed by atoms with van der Waals surface area (Å²) in [6, 6.07) is 5.24. The van der Waals surface area contributed by atoms with Crippen LogP contribution in [0.5, 0.6) is 0 Å². The highest BCUT2D eigenvalue weighted by Crippen LogP contribution is 2.28. The molecule has 0 unspecified atom stereocenters. The molecule has 2 aromatic heterocycles. The summed E-state index contributed by atoms with van der Waals surface area (Å²) >= 11 is 0. The molecule has 3 heterocycles. The van der Waals surface area contributed by atoms with E-state index in [1.54, 1.807) is 42.5 Å². The van der Waals surface area contributed by atoms with Gasteiger partial charge < -0.3 is 25.6 Å². The summed E-state index contributed by atoms with van der Waals surface area (Å²) in [4.78, 5) is 37.8. The number of hydrogen-bond acceptors (Lipinski definition) is 10. The van der Waals surface area contributed by atoms with Crippen molar-refractivity contribution in [1.82, 2.24) is 24.8 Å². The van der Waals surface area contributed by atoms with E-state index in [0.29, 0.717) is 49.1 Å². The number of rotatable bonds is 6. The molecule has 11 nitrogen and oxygen atoms in total. The SMILES string of the molecule is CN=C(c1cc(-c2nc(Nc3cnc(N4CCN(C(=O)OC(C)(C)C)CC4)cn3)ncc2F)ccc1N)C(C)C. The zero-order valence-electron chi connectivity index (χ0n) is 23.8. The molecule has 1 amide bonds. The van der Waals surface area contributed by atoms with Gasteiger partial charge in [0.15, 0.2) is 11.6 Å². The lowest BCUT2D eigenvalue weighted by atomic mass is 9.95. The maximum Gasteiger partial charge on any atom is 0.410 e. The molecule has 1 aliphatic rings. The van der Waals surface area contributed by atoms with Crippen LogP contribution in [-0.2, 0) is 4.74 Å². The van der Waals surface area contributed by atoms with E-state index >= 15 is 0 Å². The van der Waals surface area contributed by atoms with Gasteiger partial charge in [0.1, 0.15) is 17.1 Å². The van der Waals surface area contributed by atoms with Gasteiger partial charge >= 0.3 is 6.09 Å². The summed E-state index contributed by atoms with van der Waals surface area (Å²) in [5, 5.41) is 2.99. The van der Waals surface area contributed by atoms with Crippen molar-refractivity contribution in [2.45, 2.75) is 40.2 Å². The molecule has 0 bridgehead atoms. The van der Waals surface area contributed by atoms with Crippen LogP contribution in [0, 0.1) is 11.7 Å². The molecule has 212 valence electrons. The van der Waals surface area contributed by atoms with Crippen molar-refractivity contribution >= 4 is 35.1 Å². The fourth-order valence-corrected chi connectivity index (χ4v) is 4.35. The molecule has 3 N–H and O–H groups in total. The van der Waals surface area contributed by atoms with Gasteiger partial charge in [-0.3, -0.25) is 4.99 Å². The number of hydrogen-bond donors (Lipinski definition) is 2. The number of anilines is 4. The van der Waals surface area contributed by atoms with Gasteiger partial charge in [0, 0.05) is 55.8 Å². The Labute approximate surface area is 233 Å². The molecule has 40 heavy (non-hydrogen) atoms. The maximum absolute atomic E-state index is 14.8. The quantitative estimate of drug-likeness (QED) is 0.336. The third-order valence-corrected chi connectivity index (χ3v) is 6.27. The minimum Gasteiger partial charge on any atom is -0.444 e. The zero-order valence-corrected chi connectivity index (χ0v) is 23.8. The average molecular weight is 550 g/mol. The van der Waals surface area contributed by atoms with Gasteiger partial charge in [0.2, 0.25) is 5.95 Å². The third kappa shape index (κ3) is 6.80. The highest BCUT2D eigenvalue weighted by atomic mass is 19.1. The first-order valence-corrected chi connectivity index (χ1v) is 13.2. The number of nitrogens with one attached hydrogen (secondary N) is 1. The van der Waals surface area contributed by atoms with Crippen LogP contribution >= 0.6 is 0 Å². The molecule has 0 saturated carbocycles. The zero-order chi connectivity index (χ0) is 29.0. The Hall–Kier alpha value is -4.35. The number of nitrogen functional groups attached to an aromatic ring is 1. The fourth-order valence-electron chi connectivity index (χ4n) is 4.35. The number of halogens is 1. The van der Waals surface area contributed by atoms with Gasteiger partial charge in [-0.1, -0.05) is 19.9 Å². The van der Waals surface area contributed by atoms with Crippen LogP contribution in [0.1, 0.15) is 40.2 Å². The molecule has 12 heteroatoms. The summed E-state index contributed by atoms with van der Waals surface area (Å²) < 4.78 is 20.3. The number of aliphatic imine (C=N–C) groups is 1. The summed E-state index contributed by atoms with van der Waals surface area (Å²) in [5.74, 6) is 0.851. The van der Waals surface area contributed by atoms with Crippen LogP contribution in [0.15, 0.2) is 41.8 Å². The van der Waals surface area contributed by atoms with E-state index in [1.807, 2.05) is 39.5 Å². The fraction of sp³-hybridized carbons (Fsp3) is 0.429. The number of amides is 1. The lowest BCUT2D eigenvalue weighted by Crippen LogP contribution is -2.50. The molecule has 0 spiro atoms. The lowest BCUT2D eigenvalue weighted by molar-refractivity contribution is 0.0240. The molecule has 1 saturated heterocycles. The third-order valence-electron chi connectivity index (χ3n) is 6.27. The molecule has 0 atom stereocenters. The molecular weight excluding hydrogens is 513 g/mol. The first kappa shape index (κ1) is 28.7. The van der Waals surface area contributed by atoms with E-state index in [4.69, 9.17) is 10.5 Å². The summed E-state index contributed by atoms with van der Waals surface area (Å²) in [6.45, 7) is 11.9. The number of ether oxygens (including phenoxy) is 1. The predicted molar refractivity (Wildman–Crippen MR) is 154 cm³/mol. The number of benzene rings is 1. The first-order chi connectivity index (χ1) is 18.9. The normalized spacial score (nSPS) is 14.4. The van der Waals surface area contributed by atoms with E-state index in [1.165, 1.54) is 0 Å². The number of piperazine rings is 1. The Bertz CT molecular complexity index is 1380. The van der Waals surface area contributed by atoms with Crippen molar-refractivity contribution in [3.8, 4) is 11.3 Å². The molecular formula is C28H36FN9O2. The Morgan fingerprint density at radius 1 is 1.10 bits per heavy atom. The molecule has 1 aliphatic heterocycles. The van der Waals surface area contributed by atoms with Crippen LogP contribution in [0.25, 0.3) is 11.3 Å². The van der Waals surface area contributed by atoms with E-state index < -0.39 is 11.4 Å². The van der Waals surface area contributed by atoms with E-state index in [2.05, 4.69) is 30.2 Å². The lowest BCUT2D eigenvalue weighted by Gasteiger charge is -2.36. The van der Waals surface area contributed by atoms with Crippen LogP contribution in [0.2, 0.25) is 0 Å². The van der Waals surface area contributed by atoms with Gasteiger partial charge in [-0.05, 0) is 38.8 Å².